The first-order chi connectivity index (χ1) is 8.83. The molecule has 0 fully saturated rings. The number of ether oxygens (including phenoxy) is 2. The fourth-order valence-corrected chi connectivity index (χ4v) is 2.19. The molecule has 0 aromatic rings. The van der Waals surface area contributed by atoms with Crippen molar-refractivity contribution in [3.05, 3.63) is 12.2 Å². The third kappa shape index (κ3) is 6.78. The molecule has 0 atom stereocenters. The quantitative estimate of drug-likeness (QED) is 0.435. The van der Waals surface area contributed by atoms with E-state index in [0.717, 1.165) is 26.1 Å². The molecule has 0 unspecified atom stereocenters. The van der Waals surface area contributed by atoms with Gasteiger partial charge in [-0.3, -0.25) is 0 Å². The Kier molecular flexibility index (Phi) is 8.97. The first-order valence-electron chi connectivity index (χ1n) is 7.02. The highest BCUT2D eigenvalue weighted by molar-refractivity contribution is 6.18. The zero-order valence-electron chi connectivity index (χ0n) is 13.5. The SMILES string of the molecule is COCC(CC=CCC(C)(C)CCl)(COC)C(C)C. The van der Waals surface area contributed by atoms with E-state index in [1.165, 1.54) is 0 Å². The summed E-state index contributed by atoms with van der Waals surface area (Å²) in [5.74, 6) is 1.20. The molecule has 0 aliphatic carbocycles. The van der Waals surface area contributed by atoms with Crippen molar-refractivity contribution in [2.45, 2.75) is 40.5 Å². The summed E-state index contributed by atoms with van der Waals surface area (Å²) in [4.78, 5) is 0. The molecule has 0 amide bonds. The zero-order chi connectivity index (χ0) is 14.9. The molecule has 19 heavy (non-hydrogen) atoms. The van der Waals surface area contributed by atoms with Crippen LogP contribution in [0.15, 0.2) is 12.2 Å². The highest BCUT2D eigenvalue weighted by Crippen LogP contribution is 2.33. The molecule has 3 heteroatoms. The van der Waals surface area contributed by atoms with Gasteiger partial charge >= 0.3 is 0 Å². The van der Waals surface area contributed by atoms with E-state index in [-0.39, 0.29) is 10.8 Å². The first-order valence-corrected chi connectivity index (χ1v) is 7.56. The maximum absolute atomic E-state index is 5.94. The fourth-order valence-electron chi connectivity index (χ4n) is 2.08. The molecule has 0 heterocycles. The van der Waals surface area contributed by atoms with Crippen molar-refractivity contribution in [2.75, 3.05) is 33.3 Å². The Balaban J connectivity index is 4.60. The van der Waals surface area contributed by atoms with Crippen LogP contribution in [0.4, 0.5) is 0 Å². The number of hydrogen-bond donors (Lipinski definition) is 0. The second-order valence-electron chi connectivity index (χ2n) is 6.56. The molecular weight excluding hydrogens is 260 g/mol. The molecule has 0 saturated carbocycles. The molecule has 2 nitrogen and oxygen atoms in total. The minimum Gasteiger partial charge on any atom is -0.384 e. The van der Waals surface area contributed by atoms with Crippen LogP contribution in [0, 0.1) is 16.7 Å². The van der Waals surface area contributed by atoms with Crippen molar-refractivity contribution in [2.24, 2.45) is 16.7 Å². The predicted molar refractivity (Wildman–Crippen MR) is 83.9 cm³/mol. The van der Waals surface area contributed by atoms with Crippen LogP contribution in [0.5, 0.6) is 0 Å². The van der Waals surface area contributed by atoms with Gasteiger partial charge < -0.3 is 9.47 Å². The van der Waals surface area contributed by atoms with Gasteiger partial charge in [0.1, 0.15) is 0 Å². The second-order valence-corrected chi connectivity index (χ2v) is 6.83. The summed E-state index contributed by atoms with van der Waals surface area (Å²) in [7, 11) is 3.51. The van der Waals surface area contributed by atoms with Crippen molar-refractivity contribution in [1.82, 2.24) is 0 Å². The topological polar surface area (TPSA) is 18.5 Å². The van der Waals surface area contributed by atoms with Crippen molar-refractivity contribution in [3.63, 3.8) is 0 Å². The largest absolute Gasteiger partial charge is 0.384 e. The summed E-state index contributed by atoms with van der Waals surface area (Å²) < 4.78 is 10.8. The van der Waals surface area contributed by atoms with Crippen LogP contribution < -0.4 is 0 Å². The Morgan fingerprint density at radius 2 is 1.47 bits per heavy atom. The maximum Gasteiger partial charge on any atom is 0.0546 e. The summed E-state index contributed by atoms with van der Waals surface area (Å²) in [6.07, 6.45) is 6.48. The standard InChI is InChI=1S/C16H31ClO2/c1-14(2)16(12-18-5,13-19-6)10-8-7-9-15(3,4)11-17/h7-8,14H,9-13H2,1-6H3. The van der Waals surface area contributed by atoms with E-state index in [2.05, 4.69) is 39.8 Å². The highest BCUT2D eigenvalue weighted by atomic mass is 35.5. The minimum absolute atomic E-state index is 0.0606. The van der Waals surface area contributed by atoms with Gasteiger partial charge in [-0.2, -0.15) is 0 Å². The summed E-state index contributed by atoms with van der Waals surface area (Å²) in [6, 6.07) is 0. The van der Waals surface area contributed by atoms with Gasteiger partial charge in [0.25, 0.3) is 0 Å². The average molecular weight is 291 g/mol. The van der Waals surface area contributed by atoms with Gasteiger partial charge in [-0.1, -0.05) is 39.8 Å². The van der Waals surface area contributed by atoms with Gasteiger partial charge in [-0.15, -0.1) is 11.6 Å². The van der Waals surface area contributed by atoms with E-state index in [1.807, 2.05) is 0 Å². The van der Waals surface area contributed by atoms with Gasteiger partial charge in [0.15, 0.2) is 0 Å². The lowest BCUT2D eigenvalue weighted by Crippen LogP contribution is -2.36. The van der Waals surface area contributed by atoms with E-state index < -0.39 is 0 Å². The minimum atomic E-state index is 0.0606. The van der Waals surface area contributed by atoms with Gasteiger partial charge in [0.2, 0.25) is 0 Å². The number of halogens is 1. The highest BCUT2D eigenvalue weighted by Gasteiger charge is 2.32. The van der Waals surface area contributed by atoms with Crippen molar-refractivity contribution in [3.8, 4) is 0 Å². The Labute approximate surface area is 124 Å². The van der Waals surface area contributed by atoms with Crippen LogP contribution in [0.2, 0.25) is 0 Å². The third-order valence-electron chi connectivity index (χ3n) is 3.81. The van der Waals surface area contributed by atoms with Crippen LogP contribution in [-0.2, 0) is 9.47 Å². The number of methoxy groups -OCH3 is 2. The molecule has 0 rings (SSSR count). The lowest BCUT2D eigenvalue weighted by molar-refractivity contribution is -0.0184. The third-order valence-corrected chi connectivity index (χ3v) is 4.54. The Hall–Kier alpha value is -0.0500. The lowest BCUT2D eigenvalue weighted by Gasteiger charge is -2.35. The fraction of sp³-hybridized carbons (Fsp3) is 0.875. The normalized spacial score (nSPS) is 13.7. The molecule has 0 aromatic heterocycles. The van der Waals surface area contributed by atoms with Gasteiger partial charge in [-0.05, 0) is 24.2 Å². The van der Waals surface area contributed by atoms with Gasteiger partial charge in [0, 0.05) is 25.5 Å². The Bertz CT molecular complexity index is 253. The van der Waals surface area contributed by atoms with E-state index in [0.29, 0.717) is 11.8 Å². The number of hydrogen-bond acceptors (Lipinski definition) is 2. The van der Waals surface area contributed by atoms with Crippen molar-refractivity contribution in [1.29, 1.82) is 0 Å². The lowest BCUT2D eigenvalue weighted by atomic mass is 9.75. The number of rotatable bonds is 10. The predicted octanol–water partition coefficient (Wildman–Crippen LogP) is 4.52. The van der Waals surface area contributed by atoms with Crippen LogP contribution in [-0.4, -0.2) is 33.3 Å². The average Bonchev–Trinajstić information content (AvgIpc) is 2.34. The number of allylic oxidation sites excluding steroid dienone is 2. The second kappa shape index (κ2) is 8.99. The van der Waals surface area contributed by atoms with Crippen LogP contribution in [0.25, 0.3) is 0 Å². The zero-order valence-corrected chi connectivity index (χ0v) is 14.2. The molecule has 0 spiro atoms. The molecule has 0 radical (unpaired) electrons. The number of alkyl halides is 1. The van der Waals surface area contributed by atoms with Crippen molar-refractivity contribution >= 4 is 11.6 Å². The molecule has 0 aliphatic heterocycles. The van der Waals surface area contributed by atoms with E-state index in [4.69, 9.17) is 21.1 Å². The van der Waals surface area contributed by atoms with Gasteiger partial charge in [-0.25, -0.2) is 0 Å². The molecule has 0 saturated heterocycles. The summed E-state index contributed by atoms with van der Waals surface area (Å²) >= 11 is 5.94. The molecule has 0 aliphatic rings. The summed E-state index contributed by atoms with van der Waals surface area (Å²) in [6.45, 7) is 10.3. The maximum atomic E-state index is 5.94. The van der Waals surface area contributed by atoms with Crippen LogP contribution in [0.1, 0.15) is 40.5 Å². The summed E-state index contributed by atoms with van der Waals surface area (Å²) in [5.41, 5.74) is 0.228. The molecule has 0 bridgehead atoms. The molecule has 0 aromatic carbocycles. The van der Waals surface area contributed by atoms with Crippen molar-refractivity contribution < 1.29 is 9.47 Å². The monoisotopic (exact) mass is 290 g/mol. The van der Waals surface area contributed by atoms with Gasteiger partial charge in [0.05, 0.1) is 13.2 Å². The first kappa shape index (κ1) is 18.9. The van der Waals surface area contributed by atoms with E-state index >= 15 is 0 Å². The van der Waals surface area contributed by atoms with Crippen LogP contribution in [0.3, 0.4) is 0 Å². The molecule has 0 N–H and O–H groups in total. The Morgan fingerprint density at radius 3 is 1.84 bits per heavy atom. The van der Waals surface area contributed by atoms with E-state index in [1.54, 1.807) is 14.2 Å². The molecular formula is C16H31ClO2. The Morgan fingerprint density at radius 1 is 1.00 bits per heavy atom. The summed E-state index contributed by atoms with van der Waals surface area (Å²) in [5, 5.41) is 0. The smallest absolute Gasteiger partial charge is 0.0546 e. The van der Waals surface area contributed by atoms with Crippen LogP contribution >= 0.6 is 11.6 Å². The molecule has 114 valence electrons. The van der Waals surface area contributed by atoms with E-state index in [9.17, 15) is 0 Å².